The third-order valence-electron chi connectivity index (χ3n) is 2.20. The lowest BCUT2D eigenvalue weighted by Gasteiger charge is -2.00. The molecule has 0 radical (unpaired) electrons. The summed E-state index contributed by atoms with van der Waals surface area (Å²) < 4.78 is 0. The van der Waals surface area contributed by atoms with E-state index in [0.29, 0.717) is 6.42 Å². The Hall–Kier alpha value is -1.88. The van der Waals surface area contributed by atoms with Gasteiger partial charge in [0.15, 0.2) is 5.13 Å². The van der Waals surface area contributed by atoms with Crippen LogP contribution >= 0.6 is 11.3 Å². The summed E-state index contributed by atoms with van der Waals surface area (Å²) in [7, 11) is 1.62. The number of nitrogens with one attached hydrogen (secondary N) is 2. The third kappa shape index (κ3) is 3.29. The Morgan fingerprint density at radius 2 is 2.12 bits per heavy atom. The highest BCUT2D eigenvalue weighted by molar-refractivity contribution is 7.13. The van der Waals surface area contributed by atoms with Crippen LogP contribution in [0.4, 0.5) is 10.8 Å². The Morgan fingerprint density at radius 3 is 2.82 bits per heavy atom. The number of benzene rings is 1. The standard InChI is InChI=1S/C12H13N3OS/c1-13-11(16)7-10-8-17-12(15-10)14-9-5-3-2-4-6-9/h2-6,8H,7H2,1H3,(H,13,16)(H,14,15). The zero-order valence-electron chi connectivity index (χ0n) is 9.43. The summed E-state index contributed by atoms with van der Waals surface area (Å²) in [4.78, 5) is 15.5. The molecule has 0 fully saturated rings. The summed E-state index contributed by atoms with van der Waals surface area (Å²) in [6, 6.07) is 9.83. The molecule has 2 N–H and O–H groups in total. The van der Waals surface area contributed by atoms with Crippen molar-refractivity contribution in [2.45, 2.75) is 6.42 Å². The number of carbonyl (C=O) groups is 1. The van der Waals surface area contributed by atoms with Crippen molar-refractivity contribution < 1.29 is 4.79 Å². The molecule has 0 saturated heterocycles. The Bertz CT molecular complexity index is 495. The van der Waals surface area contributed by atoms with Gasteiger partial charge in [0.25, 0.3) is 0 Å². The van der Waals surface area contributed by atoms with Crippen molar-refractivity contribution in [1.82, 2.24) is 10.3 Å². The SMILES string of the molecule is CNC(=O)Cc1csc(Nc2ccccc2)n1. The average Bonchev–Trinajstić information content (AvgIpc) is 2.77. The molecular formula is C12H13N3OS. The minimum atomic E-state index is -0.0263. The quantitative estimate of drug-likeness (QED) is 0.870. The Balaban J connectivity index is 2.01. The van der Waals surface area contributed by atoms with Gasteiger partial charge in [0, 0.05) is 18.1 Å². The van der Waals surface area contributed by atoms with Gasteiger partial charge in [-0.25, -0.2) is 4.98 Å². The molecule has 0 unspecified atom stereocenters. The summed E-state index contributed by atoms with van der Waals surface area (Å²) in [6.45, 7) is 0. The number of hydrogen-bond acceptors (Lipinski definition) is 4. The molecule has 0 aliphatic heterocycles. The number of likely N-dealkylation sites (N-methyl/N-ethyl adjacent to an activating group) is 1. The number of thiazole rings is 1. The van der Waals surface area contributed by atoms with Crippen LogP contribution in [-0.4, -0.2) is 17.9 Å². The highest BCUT2D eigenvalue weighted by atomic mass is 32.1. The maximum absolute atomic E-state index is 11.2. The van der Waals surface area contributed by atoms with Crippen molar-refractivity contribution >= 4 is 28.1 Å². The number of anilines is 2. The first-order valence-corrected chi connectivity index (χ1v) is 6.13. The lowest BCUT2D eigenvalue weighted by molar-refractivity contribution is -0.120. The van der Waals surface area contributed by atoms with Crippen LogP contribution in [-0.2, 0) is 11.2 Å². The van der Waals surface area contributed by atoms with Gasteiger partial charge in [-0.1, -0.05) is 18.2 Å². The van der Waals surface area contributed by atoms with Gasteiger partial charge in [0.05, 0.1) is 12.1 Å². The topological polar surface area (TPSA) is 54.0 Å². The summed E-state index contributed by atoms with van der Waals surface area (Å²) in [6.07, 6.45) is 0.323. The predicted molar refractivity (Wildman–Crippen MR) is 69.6 cm³/mol. The fourth-order valence-corrected chi connectivity index (χ4v) is 2.07. The fraction of sp³-hybridized carbons (Fsp3) is 0.167. The smallest absolute Gasteiger partial charge is 0.225 e. The van der Waals surface area contributed by atoms with E-state index in [1.54, 1.807) is 7.05 Å². The molecule has 1 amide bonds. The average molecular weight is 247 g/mol. The summed E-state index contributed by atoms with van der Waals surface area (Å²) >= 11 is 1.49. The van der Waals surface area contributed by atoms with Crippen LogP contribution in [0.3, 0.4) is 0 Å². The molecule has 5 heteroatoms. The second-order valence-electron chi connectivity index (χ2n) is 3.48. The van der Waals surface area contributed by atoms with E-state index in [9.17, 15) is 4.79 Å². The molecule has 2 aromatic rings. The number of carbonyl (C=O) groups excluding carboxylic acids is 1. The fourth-order valence-electron chi connectivity index (χ4n) is 1.34. The summed E-state index contributed by atoms with van der Waals surface area (Å²) in [5.41, 5.74) is 1.78. The molecule has 1 aromatic heterocycles. The van der Waals surface area contributed by atoms with Crippen LogP contribution < -0.4 is 10.6 Å². The van der Waals surface area contributed by atoms with E-state index in [1.165, 1.54) is 11.3 Å². The van der Waals surface area contributed by atoms with E-state index >= 15 is 0 Å². The maximum Gasteiger partial charge on any atom is 0.225 e. The van der Waals surface area contributed by atoms with Gasteiger partial charge in [-0.2, -0.15) is 0 Å². The first kappa shape index (κ1) is 11.6. The van der Waals surface area contributed by atoms with Gasteiger partial charge in [-0.15, -0.1) is 11.3 Å². The number of rotatable bonds is 4. The lowest BCUT2D eigenvalue weighted by Crippen LogP contribution is -2.20. The molecule has 0 aliphatic rings. The van der Waals surface area contributed by atoms with Crippen molar-refractivity contribution in [2.24, 2.45) is 0 Å². The first-order valence-electron chi connectivity index (χ1n) is 5.25. The molecule has 2 rings (SSSR count). The van der Waals surface area contributed by atoms with Gasteiger partial charge < -0.3 is 10.6 Å². The monoisotopic (exact) mass is 247 g/mol. The van der Waals surface area contributed by atoms with Gasteiger partial charge in [-0.05, 0) is 12.1 Å². The van der Waals surface area contributed by atoms with Crippen molar-refractivity contribution in [3.8, 4) is 0 Å². The minimum absolute atomic E-state index is 0.0263. The van der Waals surface area contributed by atoms with Gasteiger partial charge >= 0.3 is 0 Å². The molecule has 0 saturated carbocycles. The lowest BCUT2D eigenvalue weighted by atomic mass is 10.3. The molecule has 1 aromatic carbocycles. The van der Waals surface area contributed by atoms with Crippen molar-refractivity contribution in [3.63, 3.8) is 0 Å². The summed E-state index contributed by atoms with van der Waals surface area (Å²) in [5.74, 6) is -0.0263. The van der Waals surface area contributed by atoms with Crippen LogP contribution in [0.5, 0.6) is 0 Å². The molecule has 88 valence electrons. The Kier molecular flexibility index (Phi) is 3.72. The summed E-state index contributed by atoms with van der Waals surface area (Å²) in [5, 5.41) is 8.46. The van der Waals surface area contributed by atoms with Crippen LogP contribution in [0.2, 0.25) is 0 Å². The van der Waals surface area contributed by atoms with E-state index < -0.39 is 0 Å². The molecule has 0 spiro atoms. The van der Waals surface area contributed by atoms with E-state index in [-0.39, 0.29) is 5.91 Å². The zero-order chi connectivity index (χ0) is 12.1. The van der Waals surface area contributed by atoms with Gasteiger partial charge in [0.2, 0.25) is 5.91 Å². The normalized spacial score (nSPS) is 9.94. The number of nitrogens with zero attached hydrogens (tertiary/aromatic N) is 1. The van der Waals surface area contributed by atoms with E-state index in [1.807, 2.05) is 35.7 Å². The number of amides is 1. The third-order valence-corrected chi connectivity index (χ3v) is 3.00. The van der Waals surface area contributed by atoms with Gasteiger partial charge in [-0.3, -0.25) is 4.79 Å². The molecule has 1 heterocycles. The van der Waals surface area contributed by atoms with E-state index in [0.717, 1.165) is 16.5 Å². The largest absolute Gasteiger partial charge is 0.359 e. The van der Waals surface area contributed by atoms with Crippen LogP contribution in [0.15, 0.2) is 35.7 Å². The van der Waals surface area contributed by atoms with Crippen molar-refractivity contribution in [3.05, 3.63) is 41.4 Å². The van der Waals surface area contributed by atoms with E-state index in [4.69, 9.17) is 0 Å². The first-order chi connectivity index (χ1) is 8.28. The predicted octanol–water partition coefficient (Wildman–Crippen LogP) is 2.18. The molecule has 0 bridgehead atoms. The van der Waals surface area contributed by atoms with Crippen LogP contribution in [0.25, 0.3) is 0 Å². The number of hydrogen-bond donors (Lipinski definition) is 2. The van der Waals surface area contributed by atoms with Gasteiger partial charge in [0.1, 0.15) is 0 Å². The Morgan fingerprint density at radius 1 is 1.35 bits per heavy atom. The molecular weight excluding hydrogens is 234 g/mol. The number of para-hydroxylation sites is 1. The highest BCUT2D eigenvalue weighted by Crippen LogP contribution is 2.20. The van der Waals surface area contributed by atoms with Crippen molar-refractivity contribution in [1.29, 1.82) is 0 Å². The second-order valence-corrected chi connectivity index (χ2v) is 4.34. The zero-order valence-corrected chi connectivity index (χ0v) is 10.3. The molecule has 0 atom stereocenters. The maximum atomic E-state index is 11.2. The van der Waals surface area contributed by atoms with Crippen molar-refractivity contribution in [2.75, 3.05) is 12.4 Å². The van der Waals surface area contributed by atoms with E-state index in [2.05, 4.69) is 15.6 Å². The second kappa shape index (κ2) is 5.45. The molecule has 4 nitrogen and oxygen atoms in total. The highest BCUT2D eigenvalue weighted by Gasteiger charge is 2.06. The Labute approximate surface area is 104 Å². The number of aromatic nitrogens is 1. The molecule has 17 heavy (non-hydrogen) atoms. The molecule has 0 aliphatic carbocycles. The van der Waals surface area contributed by atoms with Crippen LogP contribution in [0.1, 0.15) is 5.69 Å². The minimum Gasteiger partial charge on any atom is -0.359 e. The van der Waals surface area contributed by atoms with Crippen LogP contribution in [0, 0.1) is 0 Å².